The quantitative estimate of drug-likeness (QED) is 0.0408. The van der Waals surface area contributed by atoms with Crippen molar-refractivity contribution in [1.82, 2.24) is 4.90 Å². The van der Waals surface area contributed by atoms with Crippen molar-refractivity contribution in [3.05, 3.63) is 0 Å². The van der Waals surface area contributed by atoms with Crippen LogP contribution in [0.25, 0.3) is 0 Å². The van der Waals surface area contributed by atoms with Crippen LogP contribution >= 0.6 is 0 Å². The van der Waals surface area contributed by atoms with Gasteiger partial charge in [0.25, 0.3) is 0 Å². The van der Waals surface area contributed by atoms with E-state index in [-0.39, 0.29) is 77.6 Å². The van der Waals surface area contributed by atoms with Gasteiger partial charge in [0.2, 0.25) is 0 Å². The maximum atomic E-state index is 10.3. The number of rotatable bonds is 38. The van der Waals surface area contributed by atoms with Gasteiger partial charge in [0, 0.05) is 32.0 Å². The van der Waals surface area contributed by atoms with E-state index in [9.17, 15) is 14.7 Å². The molecule has 0 aliphatic heterocycles. The minimum Gasteiger partial charge on any atom is -0.550 e. The Labute approximate surface area is 359 Å². The largest absolute Gasteiger partial charge is 1.00 e. The molecule has 0 aromatic heterocycles. The van der Waals surface area contributed by atoms with E-state index in [0.29, 0.717) is 26.1 Å². The summed E-state index contributed by atoms with van der Waals surface area (Å²) in [5, 5.41) is 44.2. The zero-order chi connectivity index (χ0) is 37.6. The van der Waals surface area contributed by atoms with Gasteiger partial charge >= 0.3 is 57.4 Å². The first-order chi connectivity index (χ1) is 24.4. The zero-order valence-electron chi connectivity index (χ0n) is 34.3. The summed E-state index contributed by atoms with van der Waals surface area (Å²) in [6, 6.07) is 0. The van der Waals surface area contributed by atoms with Crippen molar-refractivity contribution in [3.8, 4) is 0 Å². The molecule has 51 heavy (non-hydrogen) atoms. The van der Waals surface area contributed by atoms with Gasteiger partial charge in [-0.15, -0.1) is 0 Å². The third kappa shape index (κ3) is 62.7. The molecule has 9 heteroatoms. The van der Waals surface area contributed by atoms with Crippen LogP contribution in [0, 0.1) is 0 Å². The minimum absolute atomic E-state index is 0. The second-order valence-electron chi connectivity index (χ2n) is 14.2. The molecule has 0 unspecified atom stereocenters. The van der Waals surface area contributed by atoms with Crippen LogP contribution in [0.4, 0.5) is 0 Å². The molecule has 0 saturated carbocycles. The van der Waals surface area contributed by atoms with Crippen LogP contribution in [0.15, 0.2) is 0 Å². The Morgan fingerprint density at radius 3 is 0.824 bits per heavy atom. The molecule has 0 rings (SSSR count). The molecule has 0 radical (unpaired) electrons. The molecular weight excluding hydrogens is 670 g/mol. The van der Waals surface area contributed by atoms with Crippen molar-refractivity contribution < 1.29 is 86.5 Å². The molecule has 0 spiro atoms. The van der Waals surface area contributed by atoms with Crippen molar-refractivity contribution >= 4 is 11.9 Å². The van der Waals surface area contributed by atoms with Crippen molar-refractivity contribution in [1.29, 1.82) is 0 Å². The van der Waals surface area contributed by atoms with Crippen LogP contribution in [0.3, 0.4) is 0 Å². The summed E-state index contributed by atoms with van der Waals surface area (Å²) in [7, 11) is 0. The van der Waals surface area contributed by atoms with E-state index in [1.165, 1.54) is 167 Å². The molecule has 8 nitrogen and oxygen atoms in total. The van der Waals surface area contributed by atoms with Gasteiger partial charge in [0.05, 0.1) is 19.8 Å². The molecular formula is C42H86KNO7. The van der Waals surface area contributed by atoms with Crippen molar-refractivity contribution in [2.24, 2.45) is 0 Å². The maximum Gasteiger partial charge on any atom is 1.00 e. The number of carbonyl (C=O) groups is 2. The Bertz CT molecular complexity index is 584. The predicted octanol–water partition coefficient (Wildman–Crippen LogP) is 6.60. The summed E-state index contributed by atoms with van der Waals surface area (Å²) in [4.78, 5) is 22.3. The Morgan fingerprint density at radius 2 is 0.627 bits per heavy atom. The molecule has 0 bridgehead atoms. The molecule has 0 amide bonds. The van der Waals surface area contributed by atoms with Crippen LogP contribution in [0.5, 0.6) is 0 Å². The first-order valence-electron chi connectivity index (χ1n) is 21.4. The van der Waals surface area contributed by atoms with E-state index in [0.717, 1.165) is 25.7 Å². The number of carboxylic acid groups (broad SMARTS) is 2. The van der Waals surface area contributed by atoms with Gasteiger partial charge in [0.1, 0.15) is 0 Å². The van der Waals surface area contributed by atoms with Crippen molar-refractivity contribution in [2.45, 2.75) is 219 Å². The number of hydrogen-bond donors (Lipinski definition) is 4. The van der Waals surface area contributed by atoms with Gasteiger partial charge in [-0.3, -0.25) is 9.69 Å². The van der Waals surface area contributed by atoms with Gasteiger partial charge in [-0.2, -0.15) is 0 Å². The first kappa shape index (κ1) is 58.1. The van der Waals surface area contributed by atoms with Gasteiger partial charge < -0.3 is 30.3 Å². The fourth-order valence-electron chi connectivity index (χ4n) is 6.05. The third-order valence-corrected chi connectivity index (χ3v) is 9.23. The summed E-state index contributed by atoms with van der Waals surface area (Å²) in [6.07, 6.45) is 40.1. The fourth-order valence-corrected chi connectivity index (χ4v) is 6.05. The van der Waals surface area contributed by atoms with Crippen molar-refractivity contribution in [2.75, 3.05) is 39.5 Å². The molecule has 0 saturated heterocycles. The fraction of sp³-hybridized carbons (Fsp3) is 0.952. The molecule has 0 fully saturated rings. The standard InChI is InChI=1S/2C18H36O2.C6H15NO3.K/c2*1-2-3-4-5-6-7-8-9-10-11-12-13-14-15-16-17-18(19)20;8-4-1-7(2-5-9)3-6-10;/h2*2-17H2,1H3,(H,19,20);8-10H,1-6H2;/q;;;+1/p-1. The number of carbonyl (C=O) groups excluding carboxylic acids is 1. The second kappa shape index (κ2) is 54.8. The van der Waals surface area contributed by atoms with E-state index in [1.807, 2.05) is 0 Å². The third-order valence-electron chi connectivity index (χ3n) is 9.23. The SMILES string of the molecule is CCCCCCCCCCCCCCCCCC(=O)O.CCCCCCCCCCCCCCCCCC(=O)[O-].OCCN(CCO)CCO.[K+]. The van der Waals surface area contributed by atoms with Crippen molar-refractivity contribution in [3.63, 3.8) is 0 Å². The van der Waals surface area contributed by atoms with E-state index in [4.69, 9.17) is 20.4 Å². The smallest absolute Gasteiger partial charge is 0.550 e. The van der Waals surface area contributed by atoms with Gasteiger partial charge in [-0.1, -0.05) is 194 Å². The number of carboxylic acids is 2. The molecule has 0 atom stereocenters. The number of unbranched alkanes of at least 4 members (excludes halogenated alkanes) is 28. The number of aliphatic hydroxyl groups is 3. The average Bonchev–Trinajstić information content (AvgIpc) is 3.09. The van der Waals surface area contributed by atoms with Crippen LogP contribution in [0.1, 0.15) is 219 Å². The van der Waals surface area contributed by atoms with Crippen LogP contribution in [0.2, 0.25) is 0 Å². The number of aliphatic hydroxyl groups excluding tert-OH is 3. The second-order valence-corrected chi connectivity index (χ2v) is 14.2. The van der Waals surface area contributed by atoms with E-state index < -0.39 is 11.9 Å². The normalized spacial score (nSPS) is 10.6. The number of nitrogens with zero attached hydrogens (tertiary/aromatic N) is 1. The first-order valence-corrected chi connectivity index (χ1v) is 21.4. The van der Waals surface area contributed by atoms with Gasteiger partial charge in [0.15, 0.2) is 0 Å². The van der Waals surface area contributed by atoms with Crippen LogP contribution < -0.4 is 56.5 Å². The molecule has 0 aliphatic carbocycles. The minimum atomic E-state index is -0.903. The molecule has 0 heterocycles. The average molecular weight is 756 g/mol. The molecule has 0 aromatic carbocycles. The molecule has 302 valence electrons. The summed E-state index contributed by atoms with van der Waals surface area (Å²) in [5.41, 5.74) is 0. The van der Waals surface area contributed by atoms with E-state index >= 15 is 0 Å². The van der Waals surface area contributed by atoms with Crippen LogP contribution in [-0.4, -0.2) is 76.7 Å². The summed E-state index contributed by atoms with van der Waals surface area (Å²) in [6.45, 7) is 6.29. The Morgan fingerprint density at radius 1 is 0.412 bits per heavy atom. The summed E-state index contributed by atoms with van der Waals surface area (Å²) in [5.74, 6) is -1.56. The topological polar surface area (TPSA) is 141 Å². The Kier molecular flexibility index (Phi) is 62.4. The number of aliphatic carboxylic acids is 2. The maximum absolute atomic E-state index is 10.3. The molecule has 0 aliphatic rings. The zero-order valence-corrected chi connectivity index (χ0v) is 37.5. The predicted molar refractivity (Wildman–Crippen MR) is 209 cm³/mol. The van der Waals surface area contributed by atoms with Crippen LogP contribution in [-0.2, 0) is 9.59 Å². The molecule has 4 N–H and O–H groups in total. The Balaban J connectivity index is -0.000000340. The summed E-state index contributed by atoms with van der Waals surface area (Å²) < 4.78 is 0. The number of hydrogen-bond acceptors (Lipinski definition) is 7. The summed E-state index contributed by atoms with van der Waals surface area (Å²) >= 11 is 0. The monoisotopic (exact) mass is 756 g/mol. The van der Waals surface area contributed by atoms with Gasteiger partial charge in [-0.25, -0.2) is 0 Å². The Hall–Kier alpha value is 0.416. The molecule has 0 aromatic rings. The van der Waals surface area contributed by atoms with Gasteiger partial charge in [-0.05, 0) is 19.3 Å². The van der Waals surface area contributed by atoms with E-state index in [1.54, 1.807) is 4.90 Å². The van der Waals surface area contributed by atoms with E-state index in [2.05, 4.69) is 13.8 Å².